The Kier molecular flexibility index (Phi) is 8.17. The van der Waals surface area contributed by atoms with E-state index in [2.05, 4.69) is 37.3 Å². The topological polar surface area (TPSA) is 29.5 Å². The number of hydrogen-bond acceptors (Lipinski definition) is 2. The zero-order valence-electron chi connectivity index (χ0n) is 23.6. The highest BCUT2D eigenvalue weighted by molar-refractivity contribution is 6.42. The highest BCUT2D eigenvalue weighted by Crippen LogP contribution is 2.51. The normalized spacial score (nSPS) is 28.4. The SMILES string of the molecule is CC(C1(c2ccc(Cl)c(Cl)c2)CN(C(=O)Cc2cccc(Cl)c2)CCO1)[N+]12CCC(Cc3ccccc3)(CC1)CC2. The molecule has 4 fully saturated rings. The van der Waals surface area contributed by atoms with Crippen LogP contribution in [-0.4, -0.2) is 60.7 Å². The molecule has 0 aliphatic carbocycles. The number of quaternary nitrogens is 1. The van der Waals surface area contributed by atoms with E-state index in [1.807, 2.05) is 47.4 Å². The van der Waals surface area contributed by atoms with Crippen LogP contribution in [0.1, 0.15) is 42.9 Å². The van der Waals surface area contributed by atoms with Crippen molar-refractivity contribution in [1.29, 1.82) is 0 Å². The molecule has 4 nitrogen and oxygen atoms in total. The monoisotopic (exact) mass is 611 g/mol. The third kappa shape index (κ3) is 5.67. The Bertz CT molecular complexity index is 1390. The number of carbonyl (C=O) groups excluding carboxylic acids is 1. The van der Waals surface area contributed by atoms with Gasteiger partial charge < -0.3 is 14.1 Å². The summed E-state index contributed by atoms with van der Waals surface area (Å²) >= 11 is 19.2. The van der Waals surface area contributed by atoms with Gasteiger partial charge in [-0.1, -0.05) is 83.3 Å². The third-order valence-electron chi connectivity index (χ3n) is 10.3. The lowest BCUT2D eigenvalue weighted by molar-refractivity contribution is -0.973. The van der Waals surface area contributed by atoms with Crippen molar-refractivity contribution in [1.82, 2.24) is 4.90 Å². The standard InChI is InChI=1S/C34H38Cl3N2O2/c1-25(39-16-12-33(13-17-39,14-18-39)23-26-6-3-2-4-7-26)34(28-10-11-30(36)31(37)22-28)24-38(15-19-41-34)32(40)21-27-8-5-9-29(35)20-27/h2-11,20,22,25H,12-19,21,23-24H2,1H3/q+1. The molecule has 2 unspecified atom stereocenters. The first-order chi connectivity index (χ1) is 19.7. The Hall–Kier alpha value is -2.08. The van der Waals surface area contributed by atoms with Gasteiger partial charge in [-0.15, -0.1) is 0 Å². The van der Waals surface area contributed by atoms with Crippen molar-refractivity contribution >= 4 is 40.7 Å². The van der Waals surface area contributed by atoms with E-state index in [1.54, 1.807) is 0 Å². The number of ether oxygens (including phenoxy) is 1. The summed E-state index contributed by atoms with van der Waals surface area (Å²) in [4.78, 5) is 15.6. The fourth-order valence-corrected chi connectivity index (χ4v) is 8.24. The Labute approximate surface area is 258 Å². The number of nitrogens with zero attached hydrogens (tertiary/aromatic N) is 2. The van der Waals surface area contributed by atoms with Crippen LogP contribution in [0.5, 0.6) is 0 Å². The van der Waals surface area contributed by atoms with Gasteiger partial charge >= 0.3 is 0 Å². The predicted molar refractivity (Wildman–Crippen MR) is 167 cm³/mol. The second-order valence-corrected chi connectivity index (χ2v) is 13.7. The molecule has 4 aliphatic rings. The van der Waals surface area contributed by atoms with Gasteiger partial charge in [0, 0.05) is 30.8 Å². The van der Waals surface area contributed by atoms with Crippen molar-refractivity contribution in [3.05, 3.63) is 105 Å². The van der Waals surface area contributed by atoms with E-state index in [4.69, 9.17) is 39.5 Å². The summed E-state index contributed by atoms with van der Waals surface area (Å²) in [5, 5.41) is 1.68. The number of benzene rings is 3. The number of hydrogen-bond donors (Lipinski definition) is 0. The molecule has 2 bridgehead atoms. The summed E-state index contributed by atoms with van der Waals surface area (Å²) < 4.78 is 7.85. The van der Waals surface area contributed by atoms with Crippen LogP contribution >= 0.6 is 34.8 Å². The summed E-state index contributed by atoms with van der Waals surface area (Å²) in [5.74, 6) is 0.0892. The molecule has 0 saturated carbocycles. The molecule has 0 N–H and O–H groups in total. The summed E-state index contributed by atoms with van der Waals surface area (Å²) in [6, 6.07) is 24.5. The number of rotatable bonds is 7. The second kappa shape index (κ2) is 11.5. The highest BCUT2D eigenvalue weighted by Gasteiger charge is 2.58. The fourth-order valence-electron chi connectivity index (χ4n) is 7.73. The predicted octanol–water partition coefficient (Wildman–Crippen LogP) is 7.58. The second-order valence-electron chi connectivity index (χ2n) is 12.5. The van der Waals surface area contributed by atoms with E-state index in [0.717, 1.165) is 41.7 Å². The maximum Gasteiger partial charge on any atom is 0.227 e. The summed E-state index contributed by atoms with van der Waals surface area (Å²) in [5.41, 5.74) is 3.06. The molecule has 0 spiro atoms. The zero-order valence-corrected chi connectivity index (χ0v) is 25.9. The quantitative estimate of drug-likeness (QED) is 0.258. The van der Waals surface area contributed by atoms with Crippen LogP contribution in [0.2, 0.25) is 15.1 Å². The number of halogens is 3. The van der Waals surface area contributed by atoms with Crippen molar-refractivity contribution in [2.45, 2.75) is 50.7 Å². The van der Waals surface area contributed by atoms with Crippen LogP contribution in [-0.2, 0) is 28.0 Å². The van der Waals surface area contributed by atoms with E-state index in [9.17, 15) is 4.79 Å². The summed E-state index contributed by atoms with van der Waals surface area (Å²) in [6.45, 7) is 7.23. The zero-order chi connectivity index (χ0) is 28.7. The average molecular weight is 613 g/mol. The van der Waals surface area contributed by atoms with Crippen molar-refractivity contribution in [3.63, 3.8) is 0 Å². The molecule has 4 saturated heterocycles. The van der Waals surface area contributed by atoms with Gasteiger partial charge in [-0.2, -0.15) is 0 Å². The number of fused-ring (bicyclic) bond motifs is 3. The van der Waals surface area contributed by atoms with E-state index in [0.29, 0.717) is 46.6 Å². The number of morpholine rings is 1. The lowest BCUT2D eigenvalue weighted by atomic mass is 9.66. The Balaban J connectivity index is 1.28. The maximum atomic E-state index is 13.7. The Morgan fingerprint density at radius 3 is 2.29 bits per heavy atom. The largest absolute Gasteiger partial charge is 0.360 e. The number of amides is 1. The fraction of sp³-hybridized carbons (Fsp3) is 0.441. The molecule has 41 heavy (non-hydrogen) atoms. The van der Waals surface area contributed by atoms with Crippen molar-refractivity contribution in [2.24, 2.45) is 5.41 Å². The van der Waals surface area contributed by atoms with Crippen molar-refractivity contribution in [3.8, 4) is 0 Å². The lowest BCUT2D eigenvalue weighted by Crippen LogP contribution is -2.72. The molecule has 4 aliphatic heterocycles. The first kappa shape index (κ1) is 29.0. The van der Waals surface area contributed by atoms with E-state index in [-0.39, 0.29) is 11.9 Å². The molecule has 3 aromatic carbocycles. The van der Waals surface area contributed by atoms with Gasteiger partial charge in [-0.25, -0.2) is 0 Å². The Morgan fingerprint density at radius 1 is 0.902 bits per heavy atom. The molecule has 7 rings (SSSR count). The van der Waals surface area contributed by atoms with Crippen molar-refractivity contribution < 1.29 is 14.0 Å². The smallest absolute Gasteiger partial charge is 0.227 e. The third-order valence-corrected chi connectivity index (χ3v) is 11.3. The summed E-state index contributed by atoms with van der Waals surface area (Å²) in [6.07, 6.45) is 5.10. The average Bonchev–Trinajstić information content (AvgIpc) is 2.99. The van der Waals surface area contributed by atoms with Gasteiger partial charge in [0.05, 0.1) is 49.3 Å². The molecule has 7 heteroatoms. The number of carbonyl (C=O) groups is 1. The van der Waals surface area contributed by atoms with Gasteiger partial charge in [0.15, 0.2) is 5.60 Å². The molecular formula is C34H38Cl3N2O2+. The van der Waals surface area contributed by atoms with Crippen LogP contribution in [0.3, 0.4) is 0 Å². The minimum absolute atomic E-state index is 0.0892. The summed E-state index contributed by atoms with van der Waals surface area (Å²) in [7, 11) is 0. The molecular weight excluding hydrogens is 575 g/mol. The lowest BCUT2D eigenvalue weighted by Gasteiger charge is -2.61. The molecule has 4 heterocycles. The molecule has 1 amide bonds. The first-order valence-electron chi connectivity index (χ1n) is 14.7. The molecule has 0 aromatic heterocycles. The first-order valence-corrected chi connectivity index (χ1v) is 15.9. The minimum Gasteiger partial charge on any atom is -0.360 e. The highest BCUT2D eigenvalue weighted by atomic mass is 35.5. The van der Waals surface area contributed by atoms with Crippen LogP contribution < -0.4 is 0 Å². The molecule has 216 valence electrons. The van der Waals surface area contributed by atoms with Crippen molar-refractivity contribution in [2.75, 3.05) is 39.3 Å². The maximum absolute atomic E-state index is 13.7. The minimum atomic E-state index is -0.687. The Morgan fingerprint density at radius 2 is 1.61 bits per heavy atom. The molecule has 0 radical (unpaired) electrons. The molecule has 2 atom stereocenters. The van der Waals surface area contributed by atoms with Crippen LogP contribution in [0.25, 0.3) is 0 Å². The van der Waals surface area contributed by atoms with E-state index < -0.39 is 5.60 Å². The van der Waals surface area contributed by atoms with Gasteiger partial charge in [0.2, 0.25) is 5.91 Å². The van der Waals surface area contributed by atoms with Crippen LogP contribution in [0.15, 0.2) is 72.8 Å². The van der Waals surface area contributed by atoms with Gasteiger partial charge in [-0.3, -0.25) is 4.79 Å². The molecule has 3 aromatic rings. The van der Waals surface area contributed by atoms with E-state index in [1.165, 1.54) is 24.8 Å². The van der Waals surface area contributed by atoms with Gasteiger partial charge in [-0.05, 0) is 59.7 Å². The van der Waals surface area contributed by atoms with Gasteiger partial charge in [0.25, 0.3) is 0 Å². The van der Waals surface area contributed by atoms with E-state index >= 15 is 0 Å². The van der Waals surface area contributed by atoms with Gasteiger partial charge in [0.1, 0.15) is 6.04 Å². The number of piperidine rings is 3. The van der Waals surface area contributed by atoms with Crippen LogP contribution in [0, 0.1) is 5.41 Å². The van der Waals surface area contributed by atoms with Crippen LogP contribution in [0.4, 0.5) is 0 Å².